The predicted molar refractivity (Wildman–Crippen MR) is 81.0 cm³/mol. The normalized spacial score (nSPS) is 11.2. The third-order valence-electron chi connectivity index (χ3n) is 3.24. The summed E-state index contributed by atoms with van der Waals surface area (Å²) in [5.74, 6) is -0.0949. The molecule has 0 fully saturated rings. The first kappa shape index (κ1) is 14.5. The number of nitrogens with zero attached hydrogens (tertiary/aromatic N) is 1. The summed E-state index contributed by atoms with van der Waals surface area (Å²) in [6, 6.07) is 11.1. The van der Waals surface area contributed by atoms with Gasteiger partial charge in [0.25, 0.3) is 5.91 Å². The number of hydrogen-bond acceptors (Lipinski definition) is 2. The van der Waals surface area contributed by atoms with Gasteiger partial charge in [-0.05, 0) is 29.8 Å². The lowest BCUT2D eigenvalue weighted by Crippen LogP contribution is -2.36. The summed E-state index contributed by atoms with van der Waals surface area (Å²) in [5, 5.41) is 3.65. The molecular formula is C16H17ClN2O. The molecule has 104 valence electrons. The molecule has 0 unspecified atom stereocenters. The predicted octanol–water partition coefficient (Wildman–Crippen LogP) is 3.44. The monoisotopic (exact) mass is 288 g/mol. The van der Waals surface area contributed by atoms with Gasteiger partial charge in [-0.3, -0.25) is 9.78 Å². The smallest absolute Gasteiger partial charge is 0.251 e. The molecule has 1 aromatic heterocycles. The van der Waals surface area contributed by atoms with E-state index >= 15 is 0 Å². The molecule has 0 aliphatic heterocycles. The summed E-state index contributed by atoms with van der Waals surface area (Å²) in [7, 11) is 0. The lowest BCUT2D eigenvalue weighted by atomic mass is 9.84. The molecule has 1 heterocycles. The molecule has 2 rings (SSSR count). The van der Waals surface area contributed by atoms with Gasteiger partial charge in [-0.2, -0.15) is 0 Å². The Kier molecular flexibility index (Phi) is 4.40. The van der Waals surface area contributed by atoms with Crippen molar-refractivity contribution in [3.05, 3.63) is 64.9 Å². The molecule has 3 nitrogen and oxygen atoms in total. The number of pyridine rings is 1. The van der Waals surface area contributed by atoms with Gasteiger partial charge in [0.1, 0.15) is 0 Å². The molecule has 0 atom stereocenters. The molecule has 0 aliphatic carbocycles. The largest absolute Gasteiger partial charge is 0.351 e. The number of carbonyl (C=O) groups is 1. The van der Waals surface area contributed by atoms with Crippen molar-refractivity contribution < 1.29 is 4.79 Å². The van der Waals surface area contributed by atoms with Crippen LogP contribution in [0.15, 0.2) is 48.8 Å². The Labute approximate surface area is 124 Å². The van der Waals surface area contributed by atoms with Crippen LogP contribution in [-0.2, 0) is 5.41 Å². The Morgan fingerprint density at radius 2 is 1.95 bits per heavy atom. The molecule has 4 heteroatoms. The van der Waals surface area contributed by atoms with Crippen molar-refractivity contribution in [2.45, 2.75) is 19.3 Å². The minimum absolute atomic E-state index is 0.0949. The van der Waals surface area contributed by atoms with E-state index in [4.69, 9.17) is 11.6 Å². The van der Waals surface area contributed by atoms with Crippen LogP contribution in [0.5, 0.6) is 0 Å². The fourth-order valence-electron chi connectivity index (χ4n) is 1.92. The van der Waals surface area contributed by atoms with Gasteiger partial charge in [-0.15, -0.1) is 0 Å². The van der Waals surface area contributed by atoms with E-state index in [1.54, 1.807) is 24.5 Å². The van der Waals surface area contributed by atoms with E-state index in [2.05, 4.69) is 24.1 Å². The first-order valence-corrected chi connectivity index (χ1v) is 6.81. The van der Waals surface area contributed by atoms with E-state index in [9.17, 15) is 4.79 Å². The molecule has 0 radical (unpaired) electrons. The van der Waals surface area contributed by atoms with Gasteiger partial charge in [0.2, 0.25) is 0 Å². The van der Waals surface area contributed by atoms with Crippen molar-refractivity contribution in [2.75, 3.05) is 6.54 Å². The van der Waals surface area contributed by atoms with Crippen LogP contribution in [0.3, 0.4) is 0 Å². The molecule has 0 bridgehead atoms. The second-order valence-corrected chi connectivity index (χ2v) is 5.75. The highest BCUT2D eigenvalue weighted by molar-refractivity contribution is 6.30. The van der Waals surface area contributed by atoms with Gasteiger partial charge in [0, 0.05) is 34.9 Å². The van der Waals surface area contributed by atoms with Gasteiger partial charge >= 0.3 is 0 Å². The maximum absolute atomic E-state index is 12.0. The number of halogens is 1. The fraction of sp³-hybridized carbons (Fsp3) is 0.250. The number of nitrogens with one attached hydrogen (secondary N) is 1. The summed E-state index contributed by atoms with van der Waals surface area (Å²) in [5.41, 5.74) is 1.52. The summed E-state index contributed by atoms with van der Waals surface area (Å²) < 4.78 is 0. The minimum Gasteiger partial charge on any atom is -0.351 e. The maximum atomic E-state index is 12.0. The van der Waals surface area contributed by atoms with Crippen molar-refractivity contribution in [3.8, 4) is 0 Å². The van der Waals surface area contributed by atoms with Gasteiger partial charge < -0.3 is 5.32 Å². The van der Waals surface area contributed by atoms with Crippen LogP contribution >= 0.6 is 11.6 Å². The Bertz CT molecular complexity index is 596. The summed E-state index contributed by atoms with van der Waals surface area (Å²) >= 11 is 6.02. The Hall–Kier alpha value is -1.87. The van der Waals surface area contributed by atoms with Crippen molar-refractivity contribution in [1.29, 1.82) is 0 Å². The molecule has 0 saturated carbocycles. The second-order valence-electron chi connectivity index (χ2n) is 5.31. The molecule has 0 aliphatic rings. The number of hydrogen-bond donors (Lipinski definition) is 1. The van der Waals surface area contributed by atoms with Gasteiger partial charge in [-0.1, -0.05) is 37.6 Å². The third kappa shape index (κ3) is 3.58. The van der Waals surface area contributed by atoms with E-state index in [1.165, 1.54) is 0 Å². The van der Waals surface area contributed by atoms with Crippen LogP contribution in [-0.4, -0.2) is 17.4 Å². The van der Waals surface area contributed by atoms with E-state index in [1.807, 2.05) is 24.3 Å². The topological polar surface area (TPSA) is 42.0 Å². The molecule has 1 amide bonds. The molecule has 0 saturated heterocycles. The van der Waals surface area contributed by atoms with Crippen molar-refractivity contribution in [3.63, 3.8) is 0 Å². The SMILES string of the molecule is CC(C)(CNC(=O)c1ccncc1)c1cccc(Cl)c1. The highest BCUT2D eigenvalue weighted by atomic mass is 35.5. The van der Waals surface area contributed by atoms with E-state index < -0.39 is 0 Å². The van der Waals surface area contributed by atoms with E-state index in [0.717, 1.165) is 5.56 Å². The maximum Gasteiger partial charge on any atom is 0.251 e. The average Bonchev–Trinajstić information content (AvgIpc) is 2.46. The molecular weight excluding hydrogens is 272 g/mol. The lowest BCUT2D eigenvalue weighted by molar-refractivity contribution is 0.0945. The van der Waals surface area contributed by atoms with Gasteiger partial charge in [0.05, 0.1) is 0 Å². The second kappa shape index (κ2) is 6.06. The Morgan fingerprint density at radius 3 is 2.60 bits per heavy atom. The number of amides is 1. The summed E-state index contributed by atoms with van der Waals surface area (Å²) in [6.07, 6.45) is 3.22. The zero-order valence-electron chi connectivity index (χ0n) is 11.6. The van der Waals surface area contributed by atoms with Gasteiger partial charge in [-0.25, -0.2) is 0 Å². The number of rotatable bonds is 4. The zero-order valence-corrected chi connectivity index (χ0v) is 12.3. The van der Waals surface area contributed by atoms with Crippen molar-refractivity contribution in [1.82, 2.24) is 10.3 Å². The van der Waals surface area contributed by atoms with Crippen LogP contribution in [0.4, 0.5) is 0 Å². The molecule has 1 aromatic carbocycles. The highest BCUT2D eigenvalue weighted by Crippen LogP contribution is 2.24. The van der Waals surface area contributed by atoms with Crippen molar-refractivity contribution in [2.24, 2.45) is 0 Å². The standard InChI is InChI=1S/C16H17ClN2O/c1-16(2,13-4-3-5-14(17)10-13)11-19-15(20)12-6-8-18-9-7-12/h3-10H,11H2,1-2H3,(H,19,20). The quantitative estimate of drug-likeness (QED) is 0.936. The molecule has 2 aromatic rings. The number of benzene rings is 1. The Morgan fingerprint density at radius 1 is 1.25 bits per heavy atom. The van der Waals surface area contributed by atoms with Gasteiger partial charge in [0.15, 0.2) is 0 Å². The number of aromatic nitrogens is 1. The molecule has 20 heavy (non-hydrogen) atoms. The zero-order chi connectivity index (χ0) is 14.6. The van der Waals surface area contributed by atoms with Crippen LogP contribution in [0, 0.1) is 0 Å². The number of carbonyl (C=O) groups excluding carboxylic acids is 1. The van der Waals surface area contributed by atoms with Crippen LogP contribution in [0.25, 0.3) is 0 Å². The summed E-state index contributed by atoms with van der Waals surface area (Å²) in [4.78, 5) is 15.9. The highest BCUT2D eigenvalue weighted by Gasteiger charge is 2.21. The minimum atomic E-state index is -0.187. The fourth-order valence-corrected chi connectivity index (χ4v) is 2.11. The van der Waals surface area contributed by atoms with E-state index in [-0.39, 0.29) is 11.3 Å². The average molecular weight is 289 g/mol. The molecule has 1 N–H and O–H groups in total. The Balaban J connectivity index is 2.04. The first-order chi connectivity index (χ1) is 9.49. The van der Waals surface area contributed by atoms with Crippen molar-refractivity contribution >= 4 is 17.5 Å². The lowest BCUT2D eigenvalue weighted by Gasteiger charge is -2.26. The summed E-state index contributed by atoms with van der Waals surface area (Å²) in [6.45, 7) is 4.69. The van der Waals surface area contributed by atoms with Crippen LogP contribution in [0.1, 0.15) is 29.8 Å². The first-order valence-electron chi connectivity index (χ1n) is 6.43. The van der Waals surface area contributed by atoms with E-state index in [0.29, 0.717) is 17.1 Å². The third-order valence-corrected chi connectivity index (χ3v) is 3.47. The van der Waals surface area contributed by atoms with Crippen LogP contribution < -0.4 is 5.32 Å². The molecule has 0 spiro atoms. The van der Waals surface area contributed by atoms with Crippen LogP contribution in [0.2, 0.25) is 5.02 Å².